The van der Waals surface area contributed by atoms with E-state index in [-0.39, 0.29) is 12.5 Å². The Hall–Kier alpha value is -2.50. The number of amides is 1. The van der Waals surface area contributed by atoms with Crippen molar-refractivity contribution in [1.82, 2.24) is 4.90 Å². The fourth-order valence-corrected chi connectivity index (χ4v) is 4.56. The minimum absolute atomic E-state index is 0.00858. The van der Waals surface area contributed by atoms with Crippen LogP contribution in [-0.4, -0.2) is 42.0 Å². The molecule has 0 radical (unpaired) electrons. The first kappa shape index (κ1) is 19.8. The highest BCUT2D eigenvalue weighted by Crippen LogP contribution is 2.23. The second-order valence-corrected chi connectivity index (χ2v) is 8.55. The molecule has 0 saturated carbocycles. The Balaban J connectivity index is 1.36. The summed E-state index contributed by atoms with van der Waals surface area (Å²) in [6.45, 7) is 5.25. The van der Waals surface area contributed by atoms with Crippen LogP contribution in [0.15, 0.2) is 60.7 Å². The zero-order valence-corrected chi connectivity index (χ0v) is 17.5. The van der Waals surface area contributed by atoms with E-state index in [1.165, 1.54) is 17.1 Å². The van der Waals surface area contributed by atoms with Gasteiger partial charge in [0.2, 0.25) is 0 Å². The Morgan fingerprint density at radius 2 is 1.83 bits per heavy atom. The van der Waals surface area contributed by atoms with E-state index in [1.807, 2.05) is 60.3 Å². The topological polar surface area (TPSA) is 41.6 Å². The minimum atomic E-state index is -0.146. The summed E-state index contributed by atoms with van der Waals surface area (Å²) in [6.07, 6.45) is 0. The monoisotopic (exact) mass is 406 g/mol. The molecule has 1 amide bonds. The first-order valence-electron chi connectivity index (χ1n) is 9.99. The number of benzene rings is 3. The highest BCUT2D eigenvalue weighted by molar-refractivity contribution is 7.99. The van der Waals surface area contributed by atoms with Gasteiger partial charge in [-0.15, -0.1) is 0 Å². The van der Waals surface area contributed by atoms with Gasteiger partial charge in [0.1, 0.15) is 5.75 Å². The number of hydrogen-bond donors (Lipinski definition) is 1. The van der Waals surface area contributed by atoms with Crippen LogP contribution in [0.5, 0.6) is 5.75 Å². The minimum Gasteiger partial charge on any atom is -0.484 e. The van der Waals surface area contributed by atoms with Crippen molar-refractivity contribution in [3.63, 3.8) is 0 Å². The molecule has 0 aliphatic carbocycles. The summed E-state index contributed by atoms with van der Waals surface area (Å²) in [5.41, 5.74) is 3.26. The molecule has 1 N–H and O–H groups in total. The molecule has 0 atom stereocenters. The highest BCUT2D eigenvalue weighted by atomic mass is 32.2. The van der Waals surface area contributed by atoms with E-state index in [0.717, 1.165) is 41.7 Å². The summed E-state index contributed by atoms with van der Waals surface area (Å²) < 4.78 is 5.72. The smallest absolute Gasteiger partial charge is 0.262 e. The van der Waals surface area contributed by atoms with Gasteiger partial charge in [-0.2, -0.15) is 11.8 Å². The second-order valence-electron chi connectivity index (χ2n) is 7.32. The third kappa shape index (κ3) is 5.11. The Labute approximate surface area is 176 Å². The summed E-state index contributed by atoms with van der Waals surface area (Å²) in [5.74, 6) is 2.95. The summed E-state index contributed by atoms with van der Waals surface area (Å²) >= 11 is 2.02. The van der Waals surface area contributed by atoms with Crippen LogP contribution in [0.4, 0.5) is 5.69 Å². The zero-order chi connectivity index (χ0) is 20.1. The number of ether oxygens (including phenoxy) is 1. The quantitative estimate of drug-likeness (QED) is 0.643. The lowest BCUT2D eigenvalue weighted by Crippen LogP contribution is -2.32. The summed E-state index contributed by atoms with van der Waals surface area (Å²) in [6, 6.07) is 20.1. The molecule has 5 heteroatoms. The van der Waals surface area contributed by atoms with Crippen molar-refractivity contribution >= 4 is 34.1 Å². The Morgan fingerprint density at radius 1 is 1.03 bits per heavy atom. The SMILES string of the molecule is Cc1c(CN2CCSCC2)cccc1NC(=O)COc1ccc2ccccc2c1. The average molecular weight is 407 g/mol. The maximum Gasteiger partial charge on any atom is 0.262 e. The molecular weight excluding hydrogens is 380 g/mol. The number of carbonyl (C=O) groups excluding carboxylic acids is 1. The molecule has 4 nitrogen and oxygen atoms in total. The molecule has 0 aromatic heterocycles. The molecular formula is C24H26N2O2S. The lowest BCUT2D eigenvalue weighted by Gasteiger charge is -2.27. The summed E-state index contributed by atoms with van der Waals surface area (Å²) in [7, 11) is 0. The van der Waals surface area contributed by atoms with E-state index >= 15 is 0 Å². The summed E-state index contributed by atoms with van der Waals surface area (Å²) in [5, 5.41) is 5.27. The maximum atomic E-state index is 12.5. The molecule has 0 unspecified atom stereocenters. The Kier molecular flexibility index (Phi) is 6.37. The van der Waals surface area contributed by atoms with Crippen LogP contribution in [0.2, 0.25) is 0 Å². The van der Waals surface area contributed by atoms with Gasteiger partial charge in [0.25, 0.3) is 5.91 Å². The molecule has 29 heavy (non-hydrogen) atoms. The van der Waals surface area contributed by atoms with Crippen molar-refractivity contribution in [3.05, 3.63) is 71.8 Å². The third-order valence-corrected chi connectivity index (χ3v) is 6.25. The molecule has 0 bridgehead atoms. The van der Waals surface area contributed by atoms with Gasteiger partial charge in [-0.3, -0.25) is 9.69 Å². The predicted octanol–water partition coefficient (Wildman–Crippen LogP) is 4.71. The summed E-state index contributed by atoms with van der Waals surface area (Å²) in [4.78, 5) is 14.9. The van der Waals surface area contributed by atoms with Crippen LogP contribution < -0.4 is 10.1 Å². The van der Waals surface area contributed by atoms with Crippen molar-refractivity contribution < 1.29 is 9.53 Å². The first-order valence-corrected chi connectivity index (χ1v) is 11.1. The fraction of sp³-hybridized carbons (Fsp3) is 0.292. The lowest BCUT2D eigenvalue weighted by molar-refractivity contribution is -0.118. The van der Waals surface area contributed by atoms with Gasteiger partial charge in [-0.25, -0.2) is 0 Å². The Bertz CT molecular complexity index is 999. The largest absolute Gasteiger partial charge is 0.484 e. The number of nitrogens with one attached hydrogen (secondary N) is 1. The molecule has 150 valence electrons. The van der Waals surface area contributed by atoms with Gasteiger partial charge < -0.3 is 10.1 Å². The van der Waals surface area contributed by atoms with Gasteiger partial charge in [0.15, 0.2) is 6.61 Å². The number of carbonyl (C=O) groups is 1. The van der Waals surface area contributed by atoms with Crippen molar-refractivity contribution in [2.24, 2.45) is 0 Å². The molecule has 1 fully saturated rings. The first-order chi connectivity index (χ1) is 14.2. The number of thioether (sulfide) groups is 1. The number of fused-ring (bicyclic) bond motifs is 1. The molecule has 1 saturated heterocycles. The normalized spacial score (nSPS) is 14.7. The van der Waals surface area contributed by atoms with Gasteiger partial charge in [-0.05, 0) is 47.0 Å². The van der Waals surface area contributed by atoms with Crippen LogP contribution in [0.1, 0.15) is 11.1 Å². The molecule has 3 aromatic rings. The van der Waals surface area contributed by atoms with E-state index < -0.39 is 0 Å². The number of hydrogen-bond acceptors (Lipinski definition) is 4. The van der Waals surface area contributed by atoms with Crippen molar-refractivity contribution in [2.45, 2.75) is 13.5 Å². The van der Waals surface area contributed by atoms with Crippen LogP contribution in [-0.2, 0) is 11.3 Å². The number of rotatable bonds is 6. The maximum absolute atomic E-state index is 12.5. The van der Waals surface area contributed by atoms with E-state index in [9.17, 15) is 4.79 Å². The molecule has 1 aliphatic heterocycles. The molecule has 1 heterocycles. The number of nitrogens with zero attached hydrogens (tertiary/aromatic N) is 1. The van der Waals surface area contributed by atoms with Crippen LogP contribution in [0, 0.1) is 6.92 Å². The van der Waals surface area contributed by atoms with E-state index in [2.05, 4.69) is 29.3 Å². The zero-order valence-electron chi connectivity index (χ0n) is 16.7. The van der Waals surface area contributed by atoms with Gasteiger partial charge >= 0.3 is 0 Å². The average Bonchev–Trinajstić information content (AvgIpc) is 2.76. The predicted molar refractivity (Wildman–Crippen MR) is 122 cm³/mol. The standard InChI is InChI=1S/C24H26N2O2S/c1-18-21(16-26-11-13-29-14-12-26)7-4-8-23(18)25-24(27)17-28-22-10-9-19-5-2-3-6-20(19)15-22/h2-10,15H,11-14,16-17H2,1H3,(H,25,27). The lowest BCUT2D eigenvalue weighted by atomic mass is 10.1. The van der Waals surface area contributed by atoms with Crippen LogP contribution >= 0.6 is 11.8 Å². The highest BCUT2D eigenvalue weighted by Gasteiger charge is 2.14. The van der Waals surface area contributed by atoms with Crippen LogP contribution in [0.3, 0.4) is 0 Å². The van der Waals surface area contributed by atoms with E-state index in [4.69, 9.17) is 4.74 Å². The van der Waals surface area contributed by atoms with Crippen molar-refractivity contribution in [1.29, 1.82) is 0 Å². The number of anilines is 1. The van der Waals surface area contributed by atoms with E-state index in [0.29, 0.717) is 5.75 Å². The second kappa shape index (κ2) is 9.33. The molecule has 3 aromatic carbocycles. The molecule has 4 rings (SSSR count). The van der Waals surface area contributed by atoms with Crippen LogP contribution in [0.25, 0.3) is 10.8 Å². The van der Waals surface area contributed by atoms with E-state index in [1.54, 1.807) is 0 Å². The molecule has 1 aliphatic rings. The van der Waals surface area contributed by atoms with Crippen molar-refractivity contribution in [2.75, 3.05) is 36.5 Å². The van der Waals surface area contributed by atoms with Gasteiger partial charge in [0.05, 0.1) is 0 Å². The van der Waals surface area contributed by atoms with Gasteiger partial charge in [0, 0.05) is 36.8 Å². The fourth-order valence-electron chi connectivity index (χ4n) is 3.58. The molecule has 0 spiro atoms. The van der Waals surface area contributed by atoms with Gasteiger partial charge in [-0.1, -0.05) is 42.5 Å². The Morgan fingerprint density at radius 3 is 2.66 bits per heavy atom. The third-order valence-electron chi connectivity index (χ3n) is 5.31. The van der Waals surface area contributed by atoms with Crippen molar-refractivity contribution in [3.8, 4) is 5.75 Å².